The van der Waals surface area contributed by atoms with Crippen LogP contribution in [0.4, 0.5) is 18.9 Å². The van der Waals surface area contributed by atoms with Crippen LogP contribution in [0.2, 0.25) is 0 Å². The van der Waals surface area contributed by atoms with Crippen molar-refractivity contribution in [3.63, 3.8) is 0 Å². The molecule has 0 radical (unpaired) electrons. The molecule has 0 bridgehead atoms. The van der Waals surface area contributed by atoms with Gasteiger partial charge in [0, 0.05) is 34.6 Å². The Hall–Kier alpha value is -2.33. The van der Waals surface area contributed by atoms with E-state index >= 15 is 0 Å². The number of anilines is 1. The molecule has 3 rings (SSSR count). The number of alkyl halides is 3. The van der Waals surface area contributed by atoms with Gasteiger partial charge in [-0.15, -0.1) is 0 Å². The first-order valence-electron chi connectivity index (χ1n) is 11.2. The van der Waals surface area contributed by atoms with Crippen LogP contribution < -0.4 is 10.0 Å². The van der Waals surface area contributed by atoms with Crippen LogP contribution in [0.3, 0.4) is 0 Å². The number of carbonyl (C=O) groups excluding carboxylic acids is 1. The van der Waals surface area contributed by atoms with Gasteiger partial charge >= 0.3 is 6.18 Å². The molecule has 0 aliphatic heterocycles. The van der Waals surface area contributed by atoms with E-state index < -0.39 is 27.7 Å². The molecule has 0 spiro atoms. The predicted molar refractivity (Wildman–Crippen MR) is 127 cm³/mol. The lowest BCUT2D eigenvalue weighted by Gasteiger charge is -2.34. The number of nitrogens with zero attached hydrogens (tertiary/aromatic N) is 1. The highest BCUT2D eigenvalue weighted by Gasteiger charge is 2.33. The SMILES string of the molecule is Cc1c(C(=O)Nc2cccc(C(F)(F)F)c2)cc(C(C)(C)C)n1[C@H]1CC[C@@H](NS(C)(=O)=O)CC1. The minimum absolute atomic E-state index is 0.0802. The summed E-state index contributed by atoms with van der Waals surface area (Å²) in [6, 6.07) is 6.39. The van der Waals surface area contributed by atoms with Crippen LogP contribution in [0, 0.1) is 6.92 Å². The summed E-state index contributed by atoms with van der Waals surface area (Å²) in [6.45, 7) is 7.98. The second-order valence-corrected chi connectivity index (χ2v) is 11.9. The van der Waals surface area contributed by atoms with Crippen LogP contribution in [0.15, 0.2) is 30.3 Å². The summed E-state index contributed by atoms with van der Waals surface area (Å²) < 4.78 is 67.1. The van der Waals surface area contributed by atoms with Crippen molar-refractivity contribution in [3.8, 4) is 0 Å². The Balaban J connectivity index is 1.87. The van der Waals surface area contributed by atoms with Crippen molar-refractivity contribution in [1.82, 2.24) is 9.29 Å². The van der Waals surface area contributed by atoms with Gasteiger partial charge in [-0.3, -0.25) is 4.79 Å². The average molecular weight is 500 g/mol. The molecule has 1 amide bonds. The number of halogens is 3. The predicted octanol–water partition coefficient (Wildman–Crippen LogP) is 5.40. The molecule has 188 valence electrons. The van der Waals surface area contributed by atoms with E-state index in [0.29, 0.717) is 18.4 Å². The molecule has 2 aromatic rings. The van der Waals surface area contributed by atoms with Gasteiger partial charge in [-0.25, -0.2) is 13.1 Å². The third kappa shape index (κ3) is 6.21. The largest absolute Gasteiger partial charge is 0.416 e. The zero-order valence-electron chi connectivity index (χ0n) is 20.1. The smallest absolute Gasteiger partial charge is 0.345 e. The zero-order chi connectivity index (χ0) is 25.5. The van der Waals surface area contributed by atoms with Crippen molar-refractivity contribution in [3.05, 3.63) is 52.8 Å². The van der Waals surface area contributed by atoms with Crippen molar-refractivity contribution < 1.29 is 26.4 Å². The number of amides is 1. The molecule has 1 aromatic heterocycles. The molecule has 1 aliphatic carbocycles. The van der Waals surface area contributed by atoms with E-state index in [1.807, 2.05) is 33.8 Å². The van der Waals surface area contributed by atoms with Crippen molar-refractivity contribution >= 4 is 21.6 Å². The number of hydrogen-bond donors (Lipinski definition) is 2. The van der Waals surface area contributed by atoms with E-state index in [4.69, 9.17) is 0 Å². The highest BCUT2D eigenvalue weighted by Crippen LogP contribution is 2.37. The lowest BCUT2D eigenvalue weighted by atomic mass is 9.88. The quantitative estimate of drug-likeness (QED) is 0.578. The molecule has 1 heterocycles. The maximum atomic E-state index is 13.1. The third-order valence-electron chi connectivity index (χ3n) is 6.20. The van der Waals surface area contributed by atoms with Gasteiger partial charge in [0.15, 0.2) is 0 Å². The molecule has 34 heavy (non-hydrogen) atoms. The molecule has 10 heteroatoms. The highest BCUT2D eigenvalue weighted by atomic mass is 32.2. The number of sulfonamides is 1. The fraction of sp³-hybridized carbons (Fsp3) is 0.542. The van der Waals surface area contributed by atoms with Gasteiger partial charge in [0.05, 0.1) is 17.4 Å². The van der Waals surface area contributed by atoms with E-state index in [9.17, 15) is 26.4 Å². The van der Waals surface area contributed by atoms with Crippen LogP contribution in [-0.4, -0.2) is 31.2 Å². The van der Waals surface area contributed by atoms with E-state index in [1.54, 1.807) is 0 Å². The molecule has 0 atom stereocenters. The van der Waals surface area contributed by atoms with Crippen LogP contribution in [-0.2, 0) is 21.6 Å². The van der Waals surface area contributed by atoms with Crippen LogP contribution >= 0.6 is 0 Å². The first kappa shape index (κ1) is 26.3. The lowest BCUT2D eigenvalue weighted by molar-refractivity contribution is -0.137. The van der Waals surface area contributed by atoms with E-state index in [1.165, 1.54) is 12.1 Å². The number of hydrogen-bond acceptors (Lipinski definition) is 3. The normalized spacial score (nSPS) is 19.8. The number of benzene rings is 1. The average Bonchev–Trinajstić information content (AvgIpc) is 3.05. The topological polar surface area (TPSA) is 80.2 Å². The van der Waals surface area contributed by atoms with E-state index in [2.05, 4.69) is 14.6 Å². The fourth-order valence-electron chi connectivity index (χ4n) is 4.63. The Labute approximate surface area is 199 Å². The summed E-state index contributed by atoms with van der Waals surface area (Å²) >= 11 is 0. The second kappa shape index (κ2) is 9.37. The van der Waals surface area contributed by atoms with Crippen LogP contribution in [0.25, 0.3) is 0 Å². The Kier molecular flexibility index (Phi) is 7.24. The van der Waals surface area contributed by atoms with Gasteiger partial charge in [-0.2, -0.15) is 13.2 Å². The van der Waals surface area contributed by atoms with Crippen molar-refractivity contribution in [2.45, 2.75) is 77.1 Å². The van der Waals surface area contributed by atoms with Crippen molar-refractivity contribution in [2.75, 3.05) is 11.6 Å². The molecule has 6 nitrogen and oxygen atoms in total. The first-order valence-corrected chi connectivity index (χ1v) is 13.1. The fourth-order valence-corrected chi connectivity index (χ4v) is 5.47. The van der Waals surface area contributed by atoms with Gasteiger partial charge in [-0.1, -0.05) is 26.8 Å². The molecule has 1 fully saturated rings. The monoisotopic (exact) mass is 499 g/mol. The van der Waals surface area contributed by atoms with E-state index in [0.717, 1.165) is 42.6 Å². The summed E-state index contributed by atoms with van der Waals surface area (Å²) in [5.41, 5.74) is 1.10. The molecule has 0 saturated heterocycles. The summed E-state index contributed by atoms with van der Waals surface area (Å²) in [6.07, 6.45) is -0.470. The van der Waals surface area contributed by atoms with E-state index in [-0.39, 0.29) is 23.2 Å². The third-order valence-corrected chi connectivity index (χ3v) is 6.96. The Bertz CT molecular complexity index is 1160. The standard InChI is InChI=1S/C24H32F3N3O3S/c1-15-20(22(31)28-18-8-6-7-16(13-18)24(25,26)27)14-21(23(2,3)4)30(15)19-11-9-17(10-12-19)29-34(5,32)33/h6-8,13-14,17,19,29H,9-12H2,1-5H3,(H,28,31)/t17-,19+. The number of aromatic nitrogens is 1. The van der Waals surface area contributed by atoms with Gasteiger partial charge in [0.2, 0.25) is 10.0 Å². The minimum atomic E-state index is -4.50. The summed E-state index contributed by atoms with van der Waals surface area (Å²) in [5.74, 6) is -0.464. The molecule has 1 saturated carbocycles. The maximum absolute atomic E-state index is 13.1. The summed E-state index contributed by atoms with van der Waals surface area (Å²) in [4.78, 5) is 13.1. The van der Waals surface area contributed by atoms with Gasteiger partial charge in [0.1, 0.15) is 0 Å². The first-order chi connectivity index (χ1) is 15.6. The van der Waals surface area contributed by atoms with Crippen LogP contribution in [0.1, 0.15) is 79.8 Å². The number of carbonyl (C=O) groups is 1. The summed E-state index contributed by atoms with van der Waals surface area (Å²) in [7, 11) is -3.27. The van der Waals surface area contributed by atoms with Crippen molar-refractivity contribution in [2.24, 2.45) is 0 Å². The number of rotatable bonds is 5. The zero-order valence-corrected chi connectivity index (χ0v) is 20.9. The molecule has 2 N–H and O–H groups in total. The minimum Gasteiger partial charge on any atom is -0.345 e. The number of nitrogens with one attached hydrogen (secondary N) is 2. The second-order valence-electron chi connectivity index (χ2n) is 10.1. The molecule has 1 aromatic carbocycles. The molecule has 0 unspecified atom stereocenters. The Morgan fingerprint density at radius 3 is 2.21 bits per heavy atom. The Morgan fingerprint density at radius 2 is 1.68 bits per heavy atom. The van der Waals surface area contributed by atoms with Gasteiger partial charge in [0.25, 0.3) is 5.91 Å². The Morgan fingerprint density at radius 1 is 1.06 bits per heavy atom. The van der Waals surface area contributed by atoms with Crippen molar-refractivity contribution in [1.29, 1.82) is 0 Å². The molecular weight excluding hydrogens is 467 g/mol. The molecular formula is C24H32F3N3O3S. The maximum Gasteiger partial charge on any atom is 0.416 e. The lowest BCUT2D eigenvalue weighted by Crippen LogP contribution is -2.37. The van der Waals surface area contributed by atoms with Crippen LogP contribution in [0.5, 0.6) is 0 Å². The molecule has 1 aliphatic rings. The highest BCUT2D eigenvalue weighted by molar-refractivity contribution is 7.88. The summed E-state index contributed by atoms with van der Waals surface area (Å²) in [5, 5.41) is 2.61. The van der Waals surface area contributed by atoms with Gasteiger partial charge in [-0.05, 0) is 56.9 Å². The van der Waals surface area contributed by atoms with Gasteiger partial charge < -0.3 is 9.88 Å².